The average Bonchev–Trinajstić information content (AvgIpc) is 2.11. The van der Waals surface area contributed by atoms with Crippen molar-refractivity contribution in [3.05, 3.63) is 0 Å². The molecule has 0 aliphatic carbocycles. The Morgan fingerprint density at radius 1 is 1.46 bits per heavy atom. The fourth-order valence-electron chi connectivity index (χ4n) is 1.05. The lowest BCUT2D eigenvalue weighted by Gasteiger charge is -2.23. The Bertz CT molecular complexity index is 157. The highest BCUT2D eigenvalue weighted by Gasteiger charge is 2.20. The molecule has 78 valence electrons. The predicted molar refractivity (Wildman–Crippen MR) is 55.4 cm³/mol. The van der Waals surface area contributed by atoms with Crippen LogP contribution in [0.3, 0.4) is 0 Å². The van der Waals surface area contributed by atoms with Gasteiger partial charge in [-0.25, -0.2) is 0 Å². The Balaban J connectivity index is 3.94. The van der Waals surface area contributed by atoms with Gasteiger partial charge in [0.15, 0.2) is 0 Å². The van der Waals surface area contributed by atoms with Crippen LogP contribution in [-0.4, -0.2) is 30.4 Å². The fourth-order valence-corrected chi connectivity index (χ4v) is 1.05. The molecule has 1 unspecified atom stereocenters. The molecule has 3 nitrogen and oxygen atoms in total. The maximum Gasteiger partial charge on any atom is 0.239 e. The first kappa shape index (κ1) is 12.4. The molecule has 1 amide bonds. The van der Waals surface area contributed by atoms with Crippen LogP contribution in [0.4, 0.5) is 0 Å². The number of amides is 1. The molecule has 0 rings (SSSR count). The van der Waals surface area contributed by atoms with E-state index in [2.05, 4.69) is 6.92 Å². The van der Waals surface area contributed by atoms with Crippen LogP contribution in [0.1, 0.15) is 33.6 Å². The van der Waals surface area contributed by atoms with Crippen molar-refractivity contribution >= 4 is 5.91 Å². The quantitative estimate of drug-likeness (QED) is 0.702. The number of carbonyl (C=O) groups is 1. The molecule has 0 aromatic heterocycles. The maximum absolute atomic E-state index is 11.6. The molecule has 0 radical (unpaired) electrons. The van der Waals surface area contributed by atoms with Crippen molar-refractivity contribution in [3.8, 4) is 0 Å². The minimum absolute atomic E-state index is 0.0588. The van der Waals surface area contributed by atoms with Crippen molar-refractivity contribution < 1.29 is 4.79 Å². The molecular formula is C10H22N2O. The Hall–Kier alpha value is -0.570. The Labute approximate surface area is 81.3 Å². The lowest BCUT2D eigenvalue weighted by Crippen LogP contribution is -2.45. The summed E-state index contributed by atoms with van der Waals surface area (Å²) < 4.78 is 0. The summed E-state index contributed by atoms with van der Waals surface area (Å²) in [6, 6.07) is -0.346. The zero-order chi connectivity index (χ0) is 10.4. The van der Waals surface area contributed by atoms with E-state index in [1.54, 1.807) is 4.90 Å². The predicted octanol–water partition coefficient (Wildman–Crippen LogP) is 1.23. The van der Waals surface area contributed by atoms with Crippen LogP contribution in [0.25, 0.3) is 0 Å². The standard InChI is InChI=1S/C10H22N2O/c1-5-6-7-12(4)10(13)9(11)8(2)3/h8-9H,5-7,11H2,1-4H3. The summed E-state index contributed by atoms with van der Waals surface area (Å²) in [5.74, 6) is 0.278. The molecule has 0 spiro atoms. The molecule has 0 saturated heterocycles. The minimum atomic E-state index is -0.346. The van der Waals surface area contributed by atoms with Gasteiger partial charge in [0.1, 0.15) is 0 Å². The molecular weight excluding hydrogens is 164 g/mol. The third kappa shape index (κ3) is 4.27. The van der Waals surface area contributed by atoms with Gasteiger partial charge in [-0.3, -0.25) is 4.79 Å². The molecule has 0 aromatic rings. The Kier molecular flexibility index (Phi) is 5.71. The Morgan fingerprint density at radius 3 is 2.38 bits per heavy atom. The average molecular weight is 186 g/mol. The van der Waals surface area contributed by atoms with Crippen LogP contribution in [0.15, 0.2) is 0 Å². The lowest BCUT2D eigenvalue weighted by molar-refractivity contribution is -0.132. The van der Waals surface area contributed by atoms with Gasteiger partial charge in [-0.1, -0.05) is 27.2 Å². The van der Waals surface area contributed by atoms with Gasteiger partial charge in [-0.2, -0.15) is 0 Å². The SMILES string of the molecule is CCCCN(C)C(=O)C(N)C(C)C. The second-order valence-electron chi connectivity index (χ2n) is 3.88. The first-order valence-electron chi connectivity index (χ1n) is 5.01. The van der Waals surface area contributed by atoms with E-state index in [0.717, 1.165) is 19.4 Å². The second kappa shape index (κ2) is 5.97. The van der Waals surface area contributed by atoms with E-state index in [1.807, 2.05) is 20.9 Å². The van der Waals surface area contributed by atoms with Crippen LogP contribution in [0.2, 0.25) is 0 Å². The van der Waals surface area contributed by atoms with Crippen molar-refractivity contribution in [3.63, 3.8) is 0 Å². The van der Waals surface area contributed by atoms with E-state index in [4.69, 9.17) is 5.73 Å². The van der Waals surface area contributed by atoms with Crippen molar-refractivity contribution in [2.24, 2.45) is 11.7 Å². The molecule has 0 bridgehead atoms. The summed E-state index contributed by atoms with van der Waals surface area (Å²) in [4.78, 5) is 13.3. The van der Waals surface area contributed by atoms with Gasteiger partial charge in [-0.15, -0.1) is 0 Å². The van der Waals surface area contributed by atoms with Crippen molar-refractivity contribution in [2.75, 3.05) is 13.6 Å². The summed E-state index contributed by atoms with van der Waals surface area (Å²) in [5, 5.41) is 0. The van der Waals surface area contributed by atoms with Crippen LogP contribution in [0, 0.1) is 5.92 Å². The summed E-state index contributed by atoms with van der Waals surface area (Å²) >= 11 is 0. The van der Waals surface area contributed by atoms with Crippen LogP contribution in [0.5, 0.6) is 0 Å². The van der Waals surface area contributed by atoms with E-state index < -0.39 is 0 Å². The van der Waals surface area contributed by atoms with Gasteiger partial charge >= 0.3 is 0 Å². The van der Waals surface area contributed by atoms with Gasteiger partial charge in [0.05, 0.1) is 6.04 Å². The van der Waals surface area contributed by atoms with E-state index in [0.29, 0.717) is 0 Å². The summed E-state index contributed by atoms with van der Waals surface area (Å²) in [7, 11) is 1.82. The van der Waals surface area contributed by atoms with Gasteiger partial charge in [0, 0.05) is 13.6 Å². The number of nitrogens with two attached hydrogens (primary N) is 1. The fraction of sp³-hybridized carbons (Fsp3) is 0.900. The van der Waals surface area contributed by atoms with E-state index in [9.17, 15) is 4.79 Å². The number of unbranched alkanes of at least 4 members (excludes halogenated alkanes) is 1. The molecule has 0 aliphatic heterocycles. The number of carbonyl (C=O) groups excluding carboxylic acids is 1. The van der Waals surface area contributed by atoms with Crippen LogP contribution >= 0.6 is 0 Å². The number of likely N-dealkylation sites (N-methyl/N-ethyl adjacent to an activating group) is 1. The number of hydrogen-bond acceptors (Lipinski definition) is 2. The molecule has 1 atom stereocenters. The van der Waals surface area contributed by atoms with Crippen LogP contribution in [-0.2, 0) is 4.79 Å². The molecule has 2 N–H and O–H groups in total. The molecule has 3 heteroatoms. The molecule has 0 aromatic carbocycles. The van der Waals surface area contributed by atoms with Crippen molar-refractivity contribution in [1.29, 1.82) is 0 Å². The third-order valence-electron chi connectivity index (χ3n) is 2.23. The number of hydrogen-bond donors (Lipinski definition) is 1. The molecule has 0 aliphatic rings. The Morgan fingerprint density at radius 2 is 2.00 bits per heavy atom. The molecule has 0 saturated carbocycles. The van der Waals surface area contributed by atoms with Crippen molar-refractivity contribution in [2.45, 2.75) is 39.7 Å². The summed E-state index contributed by atoms with van der Waals surface area (Å²) in [6.07, 6.45) is 2.15. The largest absolute Gasteiger partial charge is 0.344 e. The molecule has 13 heavy (non-hydrogen) atoms. The van der Waals surface area contributed by atoms with Gasteiger partial charge in [0.25, 0.3) is 0 Å². The van der Waals surface area contributed by atoms with E-state index >= 15 is 0 Å². The van der Waals surface area contributed by atoms with E-state index in [1.165, 1.54) is 0 Å². The smallest absolute Gasteiger partial charge is 0.239 e. The number of rotatable bonds is 5. The second-order valence-corrected chi connectivity index (χ2v) is 3.88. The van der Waals surface area contributed by atoms with Gasteiger partial charge < -0.3 is 10.6 Å². The normalized spacial score (nSPS) is 13.1. The third-order valence-corrected chi connectivity index (χ3v) is 2.23. The maximum atomic E-state index is 11.6. The monoisotopic (exact) mass is 186 g/mol. The molecule has 0 heterocycles. The highest BCUT2D eigenvalue weighted by atomic mass is 16.2. The van der Waals surface area contributed by atoms with Gasteiger partial charge in [-0.05, 0) is 12.3 Å². The zero-order valence-corrected chi connectivity index (χ0v) is 9.21. The highest BCUT2D eigenvalue weighted by Crippen LogP contribution is 2.03. The highest BCUT2D eigenvalue weighted by molar-refractivity contribution is 5.81. The first-order chi connectivity index (χ1) is 6.00. The number of nitrogens with zero attached hydrogens (tertiary/aromatic N) is 1. The lowest BCUT2D eigenvalue weighted by atomic mass is 10.0. The minimum Gasteiger partial charge on any atom is -0.344 e. The first-order valence-corrected chi connectivity index (χ1v) is 5.01. The summed E-state index contributed by atoms with van der Waals surface area (Å²) in [6.45, 7) is 6.86. The van der Waals surface area contributed by atoms with Gasteiger partial charge in [0.2, 0.25) is 5.91 Å². The zero-order valence-electron chi connectivity index (χ0n) is 9.21. The summed E-state index contributed by atoms with van der Waals surface area (Å²) in [5.41, 5.74) is 5.74. The molecule has 0 fully saturated rings. The van der Waals surface area contributed by atoms with E-state index in [-0.39, 0.29) is 17.9 Å². The van der Waals surface area contributed by atoms with Crippen molar-refractivity contribution in [1.82, 2.24) is 4.90 Å². The van der Waals surface area contributed by atoms with Crippen LogP contribution < -0.4 is 5.73 Å². The topological polar surface area (TPSA) is 46.3 Å².